The largest absolute Gasteiger partial charge is 0.399 e. The summed E-state index contributed by atoms with van der Waals surface area (Å²) in [5.74, 6) is -0.227. The molecule has 19 heavy (non-hydrogen) atoms. The molecule has 1 rings (SSSR count). The minimum Gasteiger partial charge on any atom is -0.399 e. The summed E-state index contributed by atoms with van der Waals surface area (Å²) in [6, 6.07) is 7.52. The number of benzene rings is 1. The van der Waals surface area contributed by atoms with Crippen LogP contribution in [0.15, 0.2) is 24.3 Å². The predicted molar refractivity (Wildman–Crippen MR) is 75.3 cm³/mol. The maximum atomic E-state index is 11.7. The van der Waals surface area contributed by atoms with Gasteiger partial charge in [-0.3, -0.25) is 9.59 Å². The third kappa shape index (κ3) is 5.90. The van der Waals surface area contributed by atoms with Gasteiger partial charge >= 0.3 is 0 Å². The Bertz CT molecular complexity index is 429. The maximum absolute atomic E-state index is 11.7. The summed E-state index contributed by atoms with van der Waals surface area (Å²) in [6.45, 7) is 2.48. The van der Waals surface area contributed by atoms with Gasteiger partial charge in [0.05, 0.1) is 0 Å². The van der Waals surface area contributed by atoms with Crippen molar-refractivity contribution in [2.24, 2.45) is 5.73 Å². The highest BCUT2D eigenvalue weighted by molar-refractivity contribution is 5.77. The fourth-order valence-electron chi connectivity index (χ4n) is 1.78. The maximum Gasteiger partial charge on any atom is 0.220 e. The van der Waals surface area contributed by atoms with E-state index in [-0.39, 0.29) is 17.7 Å². The van der Waals surface area contributed by atoms with Gasteiger partial charge in [0.15, 0.2) is 0 Å². The lowest BCUT2D eigenvalue weighted by Gasteiger charge is -2.12. The standard InChI is InChI=1S/C14H21N3O2/c1-10(11-4-6-12(15)7-5-11)9-14(19)17-8-2-3-13(16)18/h4-7,10H,2-3,8-9,15H2,1H3,(H2,16,18)(H,17,19). The molecule has 0 aliphatic heterocycles. The lowest BCUT2D eigenvalue weighted by atomic mass is 9.97. The number of anilines is 1. The van der Waals surface area contributed by atoms with Crippen LogP contribution in [0.3, 0.4) is 0 Å². The van der Waals surface area contributed by atoms with Crippen LogP contribution in [0, 0.1) is 0 Å². The average Bonchev–Trinajstić information content (AvgIpc) is 2.35. The first-order valence-corrected chi connectivity index (χ1v) is 6.39. The van der Waals surface area contributed by atoms with Gasteiger partial charge in [-0.2, -0.15) is 0 Å². The summed E-state index contributed by atoms with van der Waals surface area (Å²) < 4.78 is 0. The molecule has 0 saturated carbocycles. The van der Waals surface area contributed by atoms with Crippen LogP contribution in [0.1, 0.15) is 37.7 Å². The van der Waals surface area contributed by atoms with E-state index in [4.69, 9.17) is 11.5 Å². The van der Waals surface area contributed by atoms with Crippen LogP contribution in [0.5, 0.6) is 0 Å². The highest BCUT2D eigenvalue weighted by Crippen LogP contribution is 2.19. The zero-order valence-corrected chi connectivity index (χ0v) is 11.2. The molecule has 1 aromatic rings. The molecule has 0 radical (unpaired) electrons. The number of nitrogen functional groups attached to an aromatic ring is 1. The van der Waals surface area contributed by atoms with E-state index < -0.39 is 0 Å². The van der Waals surface area contributed by atoms with Crippen LogP contribution < -0.4 is 16.8 Å². The Morgan fingerprint density at radius 3 is 2.47 bits per heavy atom. The lowest BCUT2D eigenvalue weighted by molar-refractivity contribution is -0.122. The molecule has 104 valence electrons. The van der Waals surface area contributed by atoms with Crippen molar-refractivity contribution in [1.29, 1.82) is 0 Å². The molecule has 5 N–H and O–H groups in total. The average molecular weight is 263 g/mol. The normalized spacial score (nSPS) is 11.8. The van der Waals surface area contributed by atoms with Crippen molar-refractivity contribution in [3.63, 3.8) is 0 Å². The smallest absolute Gasteiger partial charge is 0.220 e. The molecule has 0 aromatic heterocycles. The molecule has 5 nitrogen and oxygen atoms in total. The molecule has 0 spiro atoms. The van der Waals surface area contributed by atoms with E-state index in [9.17, 15) is 9.59 Å². The fourth-order valence-corrected chi connectivity index (χ4v) is 1.78. The van der Waals surface area contributed by atoms with E-state index in [0.717, 1.165) is 5.56 Å². The molecule has 1 unspecified atom stereocenters. The number of hydrogen-bond donors (Lipinski definition) is 3. The van der Waals surface area contributed by atoms with Gasteiger partial charge in [0.1, 0.15) is 0 Å². The molecule has 0 bridgehead atoms. The minimum atomic E-state index is -0.343. The molecule has 5 heteroatoms. The fraction of sp³-hybridized carbons (Fsp3) is 0.429. The quantitative estimate of drug-likeness (QED) is 0.508. The highest BCUT2D eigenvalue weighted by atomic mass is 16.2. The van der Waals surface area contributed by atoms with E-state index in [1.807, 2.05) is 31.2 Å². The van der Waals surface area contributed by atoms with Crippen molar-refractivity contribution in [3.8, 4) is 0 Å². The lowest BCUT2D eigenvalue weighted by Crippen LogP contribution is -2.26. The molecule has 0 aliphatic rings. The number of nitrogens with two attached hydrogens (primary N) is 2. The number of nitrogens with one attached hydrogen (secondary N) is 1. The number of amides is 2. The van der Waals surface area contributed by atoms with Crippen LogP contribution in [0.25, 0.3) is 0 Å². The SMILES string of the molecule is CC(CC(=O)NCCCC(N)=O)c1ccc(N)cc1. The second kappa shape index (κ2) is 7.41. The summed E-state index contributed by atoms with van der Waals surface area (Å²) in [7, 11) is 0. The van der Waals surface area contributed by atoms with Gasteiger partial charge < -0.3 is 16.8 Å². The number of carbonyl (C=O) groups excluding carboxylic acids is 2. The molecular weight excluding hydrogens is 242 g/mol. The van der Waals surface area contributed by atoms with Crippen LogP contribution >= 0.6 is 0 Å². The van der Waals surface area contributed by atoms with Gasteiger partial charge in [0, 0.05) is 25.1 Å². The van der Waals surface area contributed by atoms with Crippen molar-refractivity contribution in [1.82, 2.24) is 5.32 Å². The van der Waals surface area contributed by atoms with Crippen LogP contribution in [-0.2, 0) is 9.59 Å². The van der Waals surface area contributed by atoms with E-state index >= 15 is 0 Å². The Morgan fingerprint density at radius 1 is 1.26 bits per heavy atom. The number of carbonyl (C=O) groups is 2. The van der Waals surface area contributed by atoms with Gasteiger partial charge in [-0.25, -0.2) is 0 Å². The summed E-state index contributed by atoms with van der Waals surface area (Å²) in [6.07, 6.45) is 1.30. The van der Waals surface area contributed by atoms with Gasteiger partial charge in [-0.15, -0.1) is 0 Å². The highest BCUT2D eigenvalue weighted by Gasteiger charge is 2.10. The first-order valence-electron chi connectivity index (χ1n) is 6.39. The summed E-state index contributed by atoms with van der Waals surface area (Å²) in [5.41, 5.74) is 12.4. The van der Waals surface area contributed by atoms with E-state index in [2.05, 4.69) is 5.32 Å². The molecule has 1 atom stereocenters. The second-order valence-electron chi connectivity index (χ2n) is 4.69. The van der Waals surface area contributed by atoms with Crippen LogP contribution in [-0.4, -0.2) is 18.4 Å². The zero-order valence-electron chi connectivity index (χ0n) is 11.2. The summed E-state index contributed by atoms with van der Waals surface area (Å²) in [4.78, 5) is 22.2. The molecule has 1 aromatic carbocycles. The summed E-state index contributed by atoms with van der Waals surface area (Å²) in [5, 5.41) is 2.78. The Kier molecular flexibility index (Phi) is 5.85. The monoisotopic (exact) mass is 263 g/mol. The number of hydrogen-bond acceptors (Lipinski definition) is 3. The Labute approximate surface area is 113 Å². The van der Waals surface area contributed by atoms with Crippen LogP contribution in [0.2, 0.25) is 0 Å². The molecular formula is C14H21N3O2. The first kappa shape index (κ1) is 15.0. The van der Waals surface area contributed by atoms with Crippen LogP contribution in [0.4, 0.5) is 5.69 Å². The van der Waals surface area contributed by atoms with E-state index in [1.54, 1.807) is 0 Å². The van der Waals surface area contributed by atoms with Crippen molar-refractivity contribution in [2.45, 2.75) is 32.1 Å². The van der Waals surface area contributed by atoms with Gasteiger partial charge in [-0.05, 0) is 30.0 Å². The van der Waals surface area contributed by atoms with Crippen molar-refractivity contribution in [3.05, 3.63) is 29.8 Å². The molecule has 0 heterocycles. The van der Waals surface area contributed by atoms with Gasteiger partial charge in [0.2, 0.25) is 11.8 Å². The number of rotatable bonds is 7. The molecule has 0 saturated heterocycles. The third-order valence-corrected chi connectivity index (χ3v) is 2.92. The van der Waals surface area contributed by atoms with Gasteiger partial charge in [-0.1, -0.05) is 19.1 Å². The first-order chi connectivity index (χ1) is 8.99. The van der Waals surface area contributed by atoms with E-state index in [1.165, 1.54) is 0 Å². The predicted octanol–water partition coefficient (Wildman–Crippen LogP) is 1.14. The van der Waals surface area contributed by atoms with Crippen molar-refractivity contribution < 1.29 is 9.59 Å². The van der Waals surface area contributed by atoms with E-state index in [0.29, 0.717) is 31.5 Å². The third-order valence-electron chi connectivity index (χ3n) is 2.92. The Balaban J connectivity index is 2.31. The van der Waals surface area contributed by atoms with Gasteiger partial charge in [0.25, 0.3) is 0 Å². The number of primary amides is 1. The minimum absolute atomic E-state index is 0.0196. The Hall–Kier alpha value is -2.04. The molecule has 2 amide bonds. The Morgan fingerprint density at radius 2 is 1.89 bits per heavy atom. The summed E-state index contributed by atoms with van der Waals surface area (Å²) >= 11 is 0. The zero-order chi connectivity index (χ0) is 14.3. The molecule has 0 aliphatic carbocycles. The van der Waals surface area contributed by atoms with Crippen molar-refractivity contribution in [2.75, 3.05) is 12.3 Å². The van der Waals surface area contributed by atoms with Crippen molar-refractivity contribution >= 4 is 17.5 Å². The second-order valence-corrected chi connectivity index (χ2v) is 4.69. The topological polar surface area (TPSA) is 98.2 Å². The molecule has 0 fully saturated rings.